The minimum atomic E-state index is 0.160. The molecule has 0 aromatic rings. The maximum atomic E-state index is 8.88. The Bertz CT molecular complexity index is 185. The third-order valence-corrected chi connectivity index (χ3v) is 3.00. The predicted molar refractivity (Wildman–Crippen MR) is 47.5 cm³/mol. The molecule has 2 aliphatic carbocycles. The van der Waals surface area contributed by atoms with E-state index >= 15 is 0 Å². The first-order chi connectivity index (χ1) is 5.90. The highest BCUT2D eigenvalue weighted by Gasteiger charge is 2.32. The second kappa shape index (κ2) is 3.45. The molecule has 1 atom stereocenters. The van der Waals surface area contributed by atoms with Crippen LogP contribution >= 0.6 is 0 Å². The summed E-state index contributed by atoms with van der Waals surface area (Å²) in [5, 5.41) is 12.4. The van der Waals surface area contributed by atoms with Gasteiger partial charge in [0.2, 0.25) is 0 Å². The summed E-state index contributed by atoms with van der Waals surface area (Å²) in [4.78, 5) is 0. The summed E-state index contributed by atoms with van der Waals surface area (Å²) in [5.74, 6) is 0.676. The van der Waals surface area contributed by atoms with Crippen LogP contribution in [0.1, 0.15) is 38.5 Å². The Labute approximate surface area is 74.0 Å². The van der Waals surface area contributed by atoms with Gasteiger partial charge in [-0.25, -0.2) is 0 Å². The molecule has 0 radical (unpaired) electrons. The van der Waals surface area contributed by atoms with Crippen LogP contribution in [0.3, 0.4) is 0 Å². The quantitative estimate of drug-likeness (QED) is 0.690. The molecule has 0 amide bonds. The third kappa shape index (κ3) is 1.78. The Morgan fingerprint density at radius 2 is 1.83 bits per heavy atom. The number of nitrogens with one attached hydrogen (secondary N) is 1. The van der Waals surface area contributed by atoms with Crippen LogP contribution in [0.4, 0.5) is 0 Å². The zero-order valence-corrected chi connectivity index (χ0v) is 7.42. The molecule has 1 N–H and O–H groups in total. The van der Waals surface area contributed by atoms with E-state index in [1.54, 1.807) is 0 Å². The fraction of sp³-hybridized carbons (Fsp3) is 0.900. The van der Waals surface area contributed by atoms with E-state index < -0.39 is 0 Å². The normalized spacial score (nSPS) is 26.9. The van der Waals surface area contributed by atoms with E-state index in [2.05, 4.69) is 11.4 Å². The summed E-state index contributed by atoms with van der Waals surface area (Å²) >= 11 is 0. The van der Waals surface area contributed by atoms with E-state index in [0.29, 0.717) is 12.0 Å². The number of rotatable bonds is 3. The molecule has 0 spiro atoms. The van der Waals surface area contributed by atoms with Crippen molar-refractivity contribution in [3.05, 3.63) is 0 Å². The smallest absolute Gasteiger partial charge is 0.0983 e. The first-order valence-corrected chi connectivity index (χ1v) is 5.06. The van der Waals surface area contributed by atoms with Crippen LogP contribution in [0.25, 0.3) is 0 Å². The van der Waals surface area contributed by atoms with Gasteiger partial charge in [-0.15, -0.1) is 0 Å². The lowest BCUT2D eigenvalue weighted by Gasteiger charge is -2.16. The van der Waals surface area contributed by atoms with Crippen LogP contribution in [0.15, 0.2) is 0 Å². The minimum Gasteiger partial charge on any atom is -0.299 e. The van der Waals surface area contributed by atoms with Gasteiger partial charge in [0.25, 0.3) is 0 Å². The highest BCUT2D eigenvalue weighted by molar-refractivity contribution is 5.02. The van der Waals surface area contributed by atoms with Gasteiger partial charge >= 0.3 is 0 Å². The summed E-state index contributed by atoms with van der Waals surface area (Å²) in [6.07, 6.45) is 7.78. The van der Waals surface area contributed by atoms with E-state index in [9.17, 15) is 0 Å². The first kappa shape index (κ1) is 8.07. The fourth-order valence-electron chi connectivity index (χ4n) is 2.05. The van der Waals surface area contributed by atoms with Crippen molar-refractivity contribution in [2.75, 3.05) is 0 Å². The molecule has 2 fully saturated rings. The van der Waals surface area contributed by atoms with Gasteiger partial charge in [0.1, 0.15) is 0 Å². The van der Waals surface area contributed by atoms with E-state index in [1.807, 2.05) is 0 Å². The zero-order valence-electron chi connectivity index (χ0n) is 7.42. The molecule has 2 heteroatoms. The lowest BCUT2D eigenvalue weighted by molar-refractivity contribution is 0.453. The molecule has 2 saturated carbocycles. The van der Waals surface area contributed by atoms with Gasteiger partial charge in [0.05, 0.1) is 12.1 Å². The standard InChI is InChI=1S/C10H16N2/c11-7-10(8-5-6-8)12-9-3-1-2-4-9/h8-10,12H,1-6H2. The minimum absolute atomic E-state index is 0.160. The van der Waals surface area contributed by atoms with Crippen molar-refractivity contribution in [2.24, 2.45) is 5.92 Å². The monoisotopic (exact) mass is 164 g/mol. The van der Waals surface area contributed by atoms with Gasteiger partial charge in [-0.05, 0) is 31.6 Å². The largest absolute Gasteiger partial charge is 0.299 e. The molecule has 66 valence electrons. The summed E-state index contributed by atoms with van der Waals surface area (Å²) in [6.45, 7) is 0. The second-order valence-electron chi connectivity index (χ2n) is 4.09. The topological polar surface area (TPSA) is 35.8 Å². The molecule has 0 aliphatic heterocycles. The maximum Gasteiger partial charge on any atom is 0.0983 e. The number of nitrogens with zero attached hydrogens (tertiary/aromatic N) is 1. The summed E-state index contributed by atoms with van der Waals surface area (Å²) < 4.78 is 0. The highest BCUT2D eigenvalue weighted by atomic mass is 15.0. The zero-order chi connectivity index (χ0) is 8.39. The van der Waals surface area contributed by atoms with E-state index in [4.69, 9.17) is 5.26 Å². The molecule has 0 aromatic carbocycles. The van der Waals surface area contributed by atoms with Crippen molar-refractivity contribution in [3.63, 3.8) is 0 Å². The van der Waals surface area contributed by atoms with Gasteiger partial charge < -0.3 is 0 Å². The van der Waals surface area contributed by atoms with Crippen LogP contribution in [0, 0.1) is 17.2 Å². The SMILES string of the molecule is N#CC(NC1CCCC1)C1CC1. The van der Waals surface area contributed by atoms with Crippen molar-refractivity contribution in [3.8, 4) is 6.07 Å². The van der Waals surface area contributed by atoms with Crippen molar-refractivity contribution < 1.29 is 0 Å². The van der Waals surface area contributed by atoms with E-state index in [0.717, 1.165) is 0 Å². The summed E-state index contributed by atoms with van der Waals surface area (Å²) in [6, 6.07) is 3.19. The van der Waals surface area contributed by atoms with Crippen LogP contribution in [-0.4, -0.2) is 12.1 Å². The van der Waals surface area contributed by atoms with Crippen molar-refractivity contribution in [2.45, 2.75) is 50.6 Å². The average Bonchev–Trinajstić information content (AvgIpc) is 2.80. The van der Waals surface area contributed by atoms with Crippen molar-refractivity contribution in [1.29, 1.82) is 5.26 Å². The maximum absolute atomic E-state index is 8.88. The molecule has 1 unspecified atom stereocenters. The number of hydrogen-bond acceptors (Lipinski definition) is 2. The van der Waals surface area contributed by atoms with Gasteiger partial charge in [0, 0.05) is 6.04 Å². The Balaban J connectivity index is 1.79. The summed E-state index contributed by atoms with van der Waals surface area (Å²) in [7, 11) is 0. The van der Waals surface area contributed by atoms with Gasteiger partial charge in [-0.3, -0.25) is 5.32 Å². The van der Waals surface area contributed by atoms with Gasteiger partial charge in [0.15, 0.2) is 0 Å². The lowest BCUT2D eigenvalue weighted by Crippen LogP contribution is -2.37. The molecule has 2 rings (SSSR count). The molecule has 2 nitrogen and oxygen atoms in total. The summed E-state index contributed by atoms with van der Waals surface area (Å²) in [5.41, 5.74) is 0. The van der Waals surface area contributed by atoms with Crippen molar-refractivity contribution >= 4 is 0 Å². The van der Waals surface area contributed by atoms with Gasteiger partial charge in [-0.2, -0.15) is 5.26 Å². The van der Waals surface area contributed by atoms with Gasteiger partial charge in [-0.1, -0.05) is 12.8 Å². The van der Waals surface area contributed by atoms with Crippen molar-refractivity contribution in [1.82, 2.24) is 5.32 Å². The Hall–Kier alpha value is -0.550. The predicted octanol–water partition coefficient (Wildman–Crippen LogP) is 1.82. The second-order valence-corrected chi connectivity index (χ2v) is 4.09. The number of nitriles is 1. The average molecular weight is 164 g/mol. The van der Waals surface area contributed by atoms with Crippen LogP contribution in [0.5, 0.6) is 0 Å². The first-order valence-electron chi connectivity index (χ1n) is 5.06. The molecule has 2 aliphatic rings. The van der Waals surface area contributed by atoms with Crippen LogP contribution in [0.2, 0.25) is 0 Å². The fourth-order valence-corrected chi connectivity index (χ4v) is 2.05. The molecule has 0 saturated heterocycles. The number of hydrogen-bond donors (Lipinski definition) is 1. The highest BCUT2D eigenvalue weighted by Crippen LogP contribution is 2.33. The molecule has 0 bridgehead atoms. The molecule has 0 aromatic heterocycles. The van der Waals surface area contributed by atoms with E-state index in [-0.39, 0.29) is 6.04 Å². The Kier molecular flexibility index (Phi) is 2.32. The molecule has 0 heterocycles. The van der Waals surface area contributed by atoms with Crippen LogP contribution < -0.4 is 5.32 Å². The Morgan fingerprint density at radius 1 is 1.17 bits per heavy atom. The lowest BCUT2D eigenvalue weighted by atomic mass is 10.1. The Morgan fingerprint density at radius 3 is 2.33 bits per heavy atom. The van der Waals surface area contributed by atoms with Crippen LogP contribution in [-0.2, 0) is 0 Å². The molecule has 12 heavy (non-hydrogen) atoms. The third-order valence-electron chi connectivity index (χ3n) is 3.00. The van der Waals surface area contributed by atoms with E-state index in [1.165, 1.54) is 38.5 Å². The molecular formula is C10H16N2. The molecular weight excluding hydrogens is 148 g/mol.